The van der Waals surface area contributed by atoms with Crippen LogP contribution in [0.2, 0.25) is 0 Å². The van der Waals surface area contributed by atoms with Gasteiger partial charge in [-0.2, -0.15) is 0 Å². The van der Waals surface area contributed by atoms with Gasteiger partial charge in [-0.3, -0.25) is 0 Å². The van der Waals surface area contributed by atoms with Crippen LogP contribution in [0.15, 0.2) is 183 Å². The van der Waals surface area contributed by atoms with Gasteiger partial charge in [-0.05, 0) is 114 Å². The third-order valence-electron chi connectivity index (χ3n) is 11.4. The predicted octanol–water partition coefficient (Wildman–Crippen LogP) is 14.7. The fourth-order valence-corrected chi connectivity index (χ4v) is 9.16. The lowest BCUT2D eigenvalue weighted by Gasteiger charge is -2.32. The molecule has 2 atom stereocenters. The topological polar surface area (TPSA) is 20.5 Å². The van der Waals surface area contributed by atoms with E-state index in [1.54, 1.807) is 0 Å². The van der Waals surface area contributed by atoms with Gasteiger partial charge >= 0.3 is 11.5 Å². The van der Waals surface area contributed by atoms with Gasteiger partial charge in [-0.1, -0.05) is 141 Å². The van der Waals surface area contributed by atoms with E-state index in [1.807, 2.05) is 0 Å². The average Bonchev–Trinajstić information content (AvgIpc) is 3.23. The van der Waals surface area contributed by atoms with E-state index in [9.17, 15) is 0 Å². The van der Waals surface area contributed by atoms with E-state index in [0.29, 0.717) is 11.8 Å². The molecule has 2 heterocycles. The molecule has 0 N–H and O–H groups in total. The zero-order chi connectivity index (χ0) is 37.3. The summed E-state index contributed by atoms with van der Waals surface area (Å²) >= 11 is 7.51. The Kier molecular flexibility index (Phi) is 9.85. The molecule has 2 unspecified atom stereocenters. The molecule has 5 aromatic rings. The second kappa shape index (κ2) is 15.4. The third-order valence-corrected chi connectivity index (χ3v) is 11.9. The van der Waals surface area contributed by atoms with Gasteiger partial charge in [0.25, 0.3) is 0 Å². The number of ether oxygens (including phenoxy) is 1. The molecule has 272 valence electrons. The van der Waals surface area contributed by atoms with Gasteiger partial charge in [0.15, 0.2) is 0 Å². The van der Waals surface area contributed by atoms with Crippen molar-refractivity contribution in [3.8, 4) is 22.5 Å². The Labute approximate surface area is 330 Å². The first-order valence-electron chi connectivity index (χ1n) is 19.9. The van der Waals surface area contributed by atoms with E-state index in [0.717, 1.165) is 84.1 Å². The number of benzene rings is 4. The first-order valence-corrected chi connectivity index (χ1v) is 20.2. The van der Waals surface area contributed by atoms with E-state index in [-0.39, 0.29) is 0 Å². The summed E-state index contributed by atoms with van der Waals surface area (Å²) in [5.41, 5.74) is 14.5. The van der Waals surface area contributed by atoms with Crippen molar-refractivity contribution in [1.82, 2.24) is 0 Å². The summed E-state index contributed by atoms with van der Waals surface area (Å²) < 4.78 is 13.8. The van der Waals surface area contributed by atoms with Crippen LogP contribution in [0.1, 0.15) is 74.8 Å². The largest absolute Gasteiger partial charge is 0.456 e. The predicted molar refractivity (Wildman–Crippen MR) is 229 cm³/mol. The quantitative estimate of drug-likeness (QED) is 0.162. The SMILES string of the molecule is CC1CC(/C=C2\CCCC(/C=C3\CC(C)Cc4c(-c5ccccc5)cc(-c5ccccc5)[o+]c43)=C2Cl)=C2OC(c3ccccc3)=CC(c3ccccc3)=C2C1. The maximum atomic E-state index is 7.51. The molecule has 9 rings (SSSR count). The minimum atomic E-state index is 0.479. The molecule has 0 saturated heterocycles. The third kappa shape index (κ3) is 7.24. The second-order valence-electron chi connectivity index (χ2n) is 15.7. The number of rotatable bonds is 6. The highest BCUT2D eigenvalue weighted by Crippen LogP contribution is 2.48. The smallest absolute Gasteiger partial charge is 0.361 e. The van der Waals surface area contributed by atoms with Crippen LogP contribution in [-0.2, 0) is 11.2 Å². The van der Waals surface area contributed by atoms with Crippen LogP contribution in [0, 0.1) is 11.8 Å². The van der Waals surface area contributed by atoms with Gasteiger partial charge in [0.1, 0.15) is 11.5 Å². The Morgan fingerprint density at radius 3 is 1.91 bits per heavy atom. The van der Waals surface area contributed by atoms with E-state index in [2.05, 4.69) is 159 Å². The molecule has 1 aliphatic heterocycles. The first-order chi connectivity index (χ1) is 27.0. The van der Waals surface area contributed by atoms with Crippen molar-refractivity contribution in [2.75, 3.05) is 0 Å². The Bertz CT molecular complexity index is 2430. The van der Waals surface area contributed by atoms with Crippen molar-refractivity contribution < 1.29 is 9.15 Å². The summed E-state index contributed by atoms with van der Waals surface area (Å²) in [5, 5.41) is 0.871. The van der Waals surface area contributed by atoms with E-state index in [1.165, 1.54) is 55.7 Å². The van der Waals surface area contributed by atoms with Crippen molar-refractivity contribution in [2.24, 2.45) is 11.8 Å². The monoisotopic (exact) mass is 737 g/mol. The summed E-state index contributed by atoms with van der Waals surface area (Å²) in [6.45, 7) is 4.71. The molecular formula is C52H46ClO2+. The fourth-order valence-electron chi connectivity index (χ4n) is 8.86. The lowest BCUT2D eigenvalue weighted by molar-refractivity contribution is 0.358. The molecule has 55 heavy (non-hydrogen) atoms. The molecule has 0 saturated carbocycles. The standard InChI is InChI=1S/C52H46ClO2/c1-34-26-42(51-46(28-34)44(36-16-7-3-8-17-36)32-48(54-51)38-20-11-5-12-21-38)30-40-24-15-25-41(50(40)53)31-43-27-35(2)29-47-45(37-18-9-4-10-19-37)33-49(55-52(43)47)39-22-13-6-14-23-39/h3-14,16-23,30-35H,15,24-29H2,1-2H3/q+1. The summed E-state index contributed by atoms with van der Waals surface area (Å²) in [5.74, 6) is 4.72. The number of allylic oxidation sites excluding steroid dienone is 10. The Morgan fingerprint density at radius 1 is 0.618 bits per heavy atom. The lowest BCUT2D eigenvalue weighted by atomic mass is 9.79. The number of fused-ring (bicyclic) bond motifs is 2. The maximum absolute atomic E-state index is 7.51. The van der Waals surface area contributed by atoms with E-state index < -0.39 is 0 Å². The summed E-state index contributed by atoms with van der Waals surface area (Å²) in [6.07, 6.45) is 13.7. The average molecular weight is 738 g/mol. The highest BCUT2D eigenvalue weighted by atomic mass is 35.5. The van der Waals surface area contributed by atoms with Crippen LogP contribution in [0.5, 0.6) is 0 Å². The van der Waals surface area contributed by atoms with Crippen LogP contribution in [0.25, 0.3) is 39.4 Å². The van der Waals surface area contributed by atoms with Gasteiger partial charge in [0, 0.05) is 21.7 Å². The molecule has 2 nitrogen and oxygen atoms in total. The fraction of sp³-hybridized carbons (Fsp3) is 0.212. The van der Waals surface area contributed by atoms with Crippen LogP contribution in [-0.4, -0.2) is 0 Å². The Morgan fingerprint density at radius 2 is 1.22 bits per heavy atom. The summed E-state index contributed by atoms with van der Waals surface area (Å²) in [4.78, 5) is 0. The minimum Gasteiger partial charge on any atom is -0.456 e. The first kappa shape index (κ1) is 35.3. The van der Waals surface area contributed by atoms with Crippen LogP contribution in [0.4, 0.5) is 0 Å². The van der Waals surface area contributed by atoms with Gasteiger partial charge in [0.05, 0.1) is 22.8 Å². The molecule has 4 aromatic carbocycles. The molecule has 0 radical (unpaired) electrons. The van der Waals surface area contributed by atoms with Crippen molar-refractivity contribution in [1.29, 1.82) is 0 Å². The molecule has 1 aromatic heterocycles. The summed E-state index contributed by atoms with van der Waals surface area (Å²) in [7, 11) is 0. The van der Waals surface area contributed by atoms with Crippen LogP contribution >= 0.6 is 11.6 Å². The highest BCUT2D eigenvalue weighted by Gasteiger charge is 2.35. The van der Waals surface area contributed by atoms with Crippen molar-refractivity contribution in [2.45, 2.75) is 58.8 Å². The zero-order valence-corrected chi connectivity index (χ0v) is 32.4. The molecule has 3 aliphatic carbocycles. The van der Waals surface area contributed by atoms with Crippen molar-refractivity contribution in [3.05, 3.63) is 201 Å². The van der Waals surface area contributed by atoms with Crippen LogP contribution < -0.4 is 0 Å². The lowest BCUT2D eigenvalue weighted by Crippen LogP contribution is -2.16. The molecule has 0 bridgehead atoms. The molecule has 0 amide bonds. The normalized spacial score (nSPS) is 21.3. The zero-order valence-electron chi connectivity index (χ0n) is 31.7. The Hall–Kier alpha value is -5.44. The van der Waals surface area contributed by atoms with Gasteiger partial charge < -0.3 is 4.74 Å². The maximum Gasteiger partial charge on any atom is 0.361 e. The minimum absolute atomic E-state index is 0.479. The molecule has 0 fully saturated rings. The number of halogens is 1. The van der Waals surface area contributed by atoms with E-state index >= 15 is 0 Å². The summed E-state index contributed by atoms with van der Waals surface area (Å²) in [6, 6.07) is 44.7. The van der Waals surface area contributed by atoms with Gasteiger partial charge in [-0.25, -0.2) is 4.42 Å². The Balaban J connectivity index is 1.16. The second-order valence-corrected chi connectivity index (χ2v) is 16.1. The molecule has 3 heteroatoms. The molecule has 4 aliphatic rings. The molecule has 0 spiro atoms. The number of hydrogen-bond donors (Lipinski definition) is 0. The van der Waals surface area contributed by atoms with Gasteiger partial charge in [-0.15, -0.1) is 0 Å². The molecular weight excluding hydrogens is 692 g/mol. The van der Waals surface area contributed by atoms with Gasteiger partial charge in [0.2, 0.25) is 0 Å². The highest BCUT2D eigenvalue weighted by molar-refractivity contribution is 6.32. The van der Waals surface area contributed by atoms with Crippen LogP contribution in [0.3, 0.4) is 0 Å². The van der Waals surface area contributed by atoms with Crippen molar-refractivity contribution >= 4 is 28.5 Å². The van der Waals surface area contributed by atoms with E-state index in [4.69, 9.17) is 20.8 Å². The van der Waals surface area contributed by atoms with Crippen molar-refractivity contribution in [3.63, 3.8) is 0 Å². The number of hydrogen-bond acceptors (Lipinski definition) is 1.